The number of carbonyl (C=O) groups excluding carboxylic acids is 1. The maximum atomic E-state index is 12.5. The van der Waals surface area contributed by atoms with Crippen LogP contribution in [0.5, 0.6) is 5.75 Å². The first kappa shape index (κ1) is 15.8. The minimum atomic E-state index is 0.0692. The van der Waals surface area contributed by atoms with Crippen molar-refractivity contribution in [3.05, 3.63) is 29.3 Å². The molecule has 5 nitrogen and oxygen atoms in total. The van der Waals surface area contributed by atoms with Crippen molar-refractivity contribution in [3.8, 4) is 5.75 Å². The zero-order valence-corrected chi connectivity index (χ0v) is 13.2. The van der Waals surface area contributed by atoms with Crippen LogP contribution in [-0.2, 0) is 0 Å². The second-order valence-corrected chi connectivity index (χ2v) is 5.94. The van der Waals surface area contributed by atoms with Gasteiger partial charge >= 0.3 is 0 Å². The number of aromatic hydroxyl groups is 1. The number of carbonyl (C=O) groups is 1. The summed E-state index contributed by atoms with van der Waals surface area (Å²) in [5.74, 6) is 0.275. The van der Waals surface area contributed by atoms with E-state index < -0.39 is 0 Å². The Kier molecular flexibility index (Phi) is 5.20. The molecule has 0 aromatic heterocycles. The van der Waals surface area contributed by atoms with E-state index in [-0.39, 0.29) is 11.7 Å². The number of rotatable bonds is 4. The summed E-state index contributed by atoms with van der Waals surface area (Å²) in [5, 5.41) is 9.43. The van der Waals surface area contributed by atoms with Gasteiger partial charge in [0.15, 0.2) is 0 Å². The van der Waals surface area contributed by atoms with Crippen molar-refractivity contribution in [1.29, 1.82) is 0 Å². The van der Waals surface area contributed by atoms with Crippen LogP contribution in [0.2, 0.25) is 0 Å². The van der Waals surface area contributed by atoms with Crippen molar-refractivity contribution in [1.82, 2.24) is 14.7 Å². The van der Waals surface area contributed by atoms with Crippen molar-refractivity contribution in [2.24, 2.45) is 0 Å². The molecular formula is C16H25N3O2. The predicted molar refractivity (Wildman–Crippen MR) is 83.7 cm³/mol. The Balaban J connectivity index is 1.91. The molecule has 1 saturated heterocycles. The smallest absolute Gasteiger partial charge is 0.254 e. The van der Waals surface area contributed by atoms with Crippen LogP contribution < -0.4 is 0 Å². The molecular weight excluding hydrogens is 266 g/mol. The van der Waals surface area contributed by atoms with Gasteiger partial charge in [-0.2, -0.15) is 0 Å². The first-order chi connectivity index (χ1) is 9.97. The molecule has 1 heterocycles. The Morgan fingerprint density at radius 1 is 1.24 bits per heavy atom. The summed E-state index contributed by atoms with van der Waals surface area (Å²) < 4.78 is 0. The molecule has 2 rings (SSSR count). The van der Waals surface area contributed by atoms with Crippen LogP contribution in [0.4, 0.5) is 0 Å². The molecule has 0 aliphatic carbocycles. The topological polar surface area (TPSA) is 47.0 Å². The van der Waals surface area contributed by atoms with Crippen LogP contribution in [0.3, 0.4) is 0 Å². The van der Waals surface area contributed by atoms with Crippen LogP contribution in [0.25, 0.3) is 0 Å². The lowest BCUT2D eigenvalue weighted by Crippen LogP contribution is -2.50. The predicted octanol–water partition coefficient (Wildman–Crippen LogP) is 1.02. The first-order valence-corrected chi connectivity index (χ1v) is 7.43. The number of piperazine rings is 1. The fourth-order valence-corrected chi connectivity index (χ4v) is 2.57. The number of nitrogens with zero attached hydrogens (tertiary/aromatic N) is 3. The second kappa shape index (κ2) is 6.91. The van der Waals surface area contributed by atoms with Gasteiger partial charge in [-0.3, -0.25) is 9.69 Å². The molecule has 0 bridgehead atoms. The molecule has 1 amide bonds. The molecule has 0 radical (unpaired) electrons. The van der Waals surface area contributed by atoms with Crippen molar-refractivity contribution in [3.63, 3.8) is 0 Å². The molecule has 0 saturated carbocycles. The summed E-state index contributed by atoms with van der Waals surface area (Å²) in [6, 6.07) is 4.93. The van der Waals surface area contributed by atoms with E-state index in [1.165, 1.54) is 0 Å². The number of hydrogen-bond acceptors (Lipinski definition) is 4. The summed E-state index contributed by atoms with van der Waals surface area (Å²) in [7, 11) is 4.15. The summed E-state index contributed by atoms with van der Waals surface area (Å²) in [5.41, 5.74) is 1.52. The van der Waals surface area contributed by atoms with Crippen LogP contribution in [0.15, 0.2) is 18.2 Å². The summed E-state index contributed by atoms with van der Waals surface area (Å²) in [4.78, 5) is 19.0. The number of likely N-dealkylation sites (N-methyl/N-ethyl adjacent to an activating group) is 1. The molecule has 1 N–H and O–H groups in total. The van der Waals surface area contributed by atoms with Crippen molar-refractivity contribution >= 4 is 5.91 Å². The average Bonchev–Trinajstić information content (AvgIpc) is 2.45. The van der Waals surface area contributed by atoms with E-state index in [9.17, 15) is 9.90 Å². The first-order valence-electron chi connectivity index (χ1n) is 7.43. The van der Waals surface area contributed by atoms with E-state index >= 15 is 0 Å². The minimum Gasteiger partial charge on any atom is -0.508 e. The van der Waals surface area contributed by atoms with Gasteiger partial charge in [0.05, 0.1) is 0 Å². The molecule has 1 aromatic carbocycles. The highest BCUT2D eigenvalue weighted by Crippen LogP contribution is 2.18. The SMILES string of the molecule is Cc1cc(O)ccc1C(=O)N1CCN(CCN(C)C)CC1. The van der Waals surface area contributed by atoms with Crippen molar-refractivity contribution < 1.29 is 9.90 Å². The molecule has 1 aliphatic rings. The lowest BCUT2D eigenvalue weighted by Gasteiger charge is -2.35. The summed E-state index contributed by atoms with van der Waals surface area (Å²) in [6.45, 7) is 7.35. The standard InChI is InChI=1S/C16H25N3O2/c1-13-12-14(20)4-5-15(13)16(21)19-10-8-18(9-11-19)7-6-17(2)3/h4-5,12,20H,6-11H2,1-3H3. The van der Waals surface area contributed by atoms with E-state index in [1.807, 2.05) is 11.8 Å². The van der Waals surface area contributed by atoms with E-state index in [4.69, 9.17) is 0 Å². The monoisotopic (exact) mass is 291 g/mol. The van der Waals surface area contributed by atoms with Gasteiger partial charge in [0.1, 0.15) is 5.75 Å². The van der Waals surface area contributed by atoms with Gasteiger partial charge < -0.3 is 14.9 Å². The number of phenols is 1. The lowest BCUT2D eigenvalue weighted by molar-refractivity contribution is 0.0629. The van der Waals surface area contributed by atoms with Crippen LogP contribution in [0.1, 0.15) is 15.9 Å². The Labute approximate surface area is 126 Å². The average molecular weight is 291 g/mol. The number of benzene rings is 1. The highest BCUT2D eigenvalue weighted by molar-refractivity contribution is 5.95. The van der Waals surface area contributed by atoms with Gasteiger partial charge in [0.2, 0.25) is 0 Å². The van der Waals surface area contributed by atoms with E-state index in [1.54, 1.807) is 18.2 Å². The number of hydrogen-bond donors (Lipinski definition) is 1. The van der Waals surface area contributed by atoms with E-state index in [0.717, 1.165) is 44.8 Å². The molecule has 0 atom stereocenters. The Hall–Kier alpha value is -1.59. The summed E-state index contributed by atoms with van der Waals surface area (Å²) in [6.07, 6.45) is 0. The van der Waals surface area contributed by atoms with Gasteiger partial charge in [-0.25, -0.2) is 0 Å². The minimum absolute atomic E-state index is 0.0692. The van der Waals surface area contributed by atoms with Gasteiger partial charge in [-0.15, -0.1) is 0 Å². The van der Waals surface area contributed by atoms with Gasteiger partial charge in [-0.05, 0) is 44.8 Å². The van der Waals surface area contributed by atoms with Crippen LogP contribution >= 0.6 is 0 Å². The van der Waals surface area contributed by atoms with Crippen LogP contribution in [-0.4, -0.2) is 79.1 Å². The Morgan fingerprint density at radius 2 is 1.90 bits per heavy atom. The molecule has 5 heteroatoms. The van der Waals surface area contributed by atoms with E-state index in [0.29, 0.717) is 5.56 Å². The van der Waals surface area contributed by atoms with Gasteiger partial charge in [-0.1, -0.05) is 0 Å². The maximum absolute atomic E-state index is 12.5. The quantitative estimate of drug-likeness (QED) is 0.900. The lowest BCUT2D eigenvalue weighted by atomic mass is 10.1. The van der Waals surface area contributed by atoms with E-state index in [2.05, 4.69) is 23.9 Å². The van der Waals surface area contributed by atoms with Gasteiger partial charge in [0.25, 0.3) is 5.91 Å². The molecule has 1 aliphatic heterocycles. The highest BCUT2D eigenvalue weighted by Gasteiger charge is 2.22. The fraction of sp³-hybridized carbons (Fsp3) is 0.562. The number of aryl methyl sites for hydroxylation is 1. The second-order valence-electron chi connectivity index (χ2n) is 5.94. The molecule has 21 heavy (non-hydrogen) atoms. The Bertz CT molecular complexity index is 494. The Morgan fingerprint density at radius 3 is 2.48 bits per heavy atom. The number of amides is 1. The number of phenolic OH excluding ortho intramolecular Hbond substituents is 1. The third-order valence-electron chi connectivity index (χ3n) is 3.96. The third kappa shape index (κ3) is 4.19. The van der Waals surface area contributed by atoms with Crippen molar-refractivity contribution in [2.75, 3.05) is 53.4 Å². The molecule has 0 unspecified atom stereocenters. The maximum Gasteiger partial charge on any atom is 0.254 e. The molecule has 0 spiro atoms. The highest BCUT2D eigenvalue weighted by atomic mass is 16.3. The van der Waals surface area contributed by atoms with Gasteiger partial charge in [0, 0.05) is 44.8 Å². The molecule has 1 aromatic rings. The van der Waals surface area contributed by atoms with Crippen molar-refractivity contribution in [2.45, 2.75) is 6.92 Å². The third-order valence-corrected chi connectivity index (χ3v) is 3.96. The molecule has 1 fully saturated rings. The zero-order chi connectivity index (χ0) is 15.4. The summed E-state index contributed by atoms with van der Waals surface area (Å²) >= 11 is 0. The zero-order valence-electron chi connectivity index (χ0n) is 13.2. The van der Waals surface area contributed by atoms with Crippen LogP contribution in [0, 0.1) is 6.92 Å². The fourth-order valence-electron chi connectivity index (χ4n) is 2.57. The molecule has 116 valence electrons. The normalized spacial score (nSPS) is 16.5. The largest absolute Gasteiger partial charge is 0.508 e.